The number of anilines is 1. The minimum absolute atomic E-state index is 0.0159. The lowest BCUT2D eigenvalue weighted by molar-refractivity contribution is -0.115. The van der Waals surface area contributed by atoms with E-state index in [-0.39, 0.29) is 5.69 Å². The molecule has 1 amide bonds. The zero-order valence-corrected chi connectivity index (χ0v) is 11.4. The SMILES string of the molecule is CC(=O)N(Cl)c1ccc(N=Nc2ccccc2)cc1F. The van der Waals surface area contributed by atoms with Crippen molar-refractivity contribution in [3.8, 4) is 0 Å². The lowest BCUT2D eigenvalue weighted by Gasteiger charge is -2.11. The number of amides is 1. The molecule has 2 rings (SSSR count). The molecule has 0 heterocycles. The highest BCUT2D eigenvalue weighted by Gasteiger charge is 2.13. The minimum Gasteiger partial charge on any atom is -0.274 e. The standard InChI is InChI=1S/C14H11ClFN3O/c1-10(20)19(15)14-8-7-12(9-13(14)16)18-17-11-5-3-2-4-6-11/h2-9H,1H3. The van der Waals surface area contributed by atoms with E-state index in [2.05, 4.69) is 10.2 Å². The lowest BCUT2D eigenvalue weighted by atomic mass is 10.2. The van der Waals surface area contributed by atoms with E-state index in [0.717, 1.165) is 0 Å². The largest absolute Gasteiger partial charge is 0.274 e. The first-order chi connectivity index (χ1) is 9.58. The monoisotopic (exact) mass is 291 g/mol. The van der Waals surface area contributed by atoms with Crippen molar-refractivity contribution in [3.05, 3.63) is 54.3 Å². The van der Waals surface area contributed by atoms with Crippen LogP contribution in [0.2, 0.25) is 0 Å². The number of halogens is 2. The second kappa shape index (κ2) is 6.25. The van der Waals surface area contributed by atoms with Crippen molar-refractivity contribution < 1.29 is 9.18 Å². The van der Waals surface area contributed by atoms with E-state index >= 15 is 0 Å². The summed E-state index contributed by atoms with van der Waals surface area (Å²) in [5.41, 5.74) is 0.987. The Labute approximate surface area is 120 Å². The quantitative estimate of drug-likeness (QED) is 0.594. The van der Waals surface area contributed by atoms with Crippen LogP contribution in [-0.4, -0.2) is 5.91 Å². The van der Waals surface area contributed by atoms with Gasteiger partial charge in [0.1, 0.15) is 0 Å². The Morgan fingerprint density at radius 3 is 2.35 bits per heavy atom. The van der Waals surface area contributed by atoms with Gasteiger partial charge in [-0.2, -0.15) is 10.2 Å². The fraction of sp³-hybridized carbons (Fsp3) is 0.0714. The van der Waals surface area contributed by atoms with Crippen molar-refractivity contribution in [2.24, 2.45) is 10.2 Å². The maximum absolute atomic E-state index is 13.8. The van der Waals surface area contributed by atoms with Crippen molar-refractivity contribution in [1.82, 2.24) is 0 Å². The average Bonchev–Trinajstić information content (AvgIpc) is 2.45. The highest BCUT2D eigenvalue weighted by Crippen LogP contribution is 2.26. The smallest absolute Gasteiger partial charge is 0.238 e. The molecule has 0 bridgehead atoms. The van der Waals surface area contributed by atoms with Crippen LogP contribution in [0.15, 0.2) is 58.8 Å². The molecule has 6 heteroatoms. The van der Waals surface area contributed by atoms with Crippen LogP contribution in [0.1, 0.15) is 6.92 Å². The van der Waals surface area contributed by atoms with Gasteiger partial charge in [0.2, 0.25) is 5.91 Å². The van der Waals surface area contributed by atoms with Crippen LogP contribution in [-0.2, 0) is 4.79 Å². The van der Waals surface area contributed by atoms with E-state index in [1.165, 1.54) is 25.1 Å². The summed E-state index contributed by atoms with van der Waals surface area (Å²) in [7, 11) is 0. The number of hydrogen-bond donors (Lipinski definition) is 0. The molecule has 0 saturated heterocycles. The van der Waals surface area contributed by atoms with Crippen LogP contribution in [0.4, 0.5) is 21.5 Å². The molecule has 0 atom stereocenters. The van der Waals surface area contributed by atoms with Crippen molar-refractivity contribution in [2.75, 3.05) is 4.42 Å². The molecule has 102 valence electrons. The third-order valence-corrected chi connectivity index (χ3v) is 2.88. The molecule has 0 aliphatic heterocycles. The van der Waals surface area contributed by atoms with Crippen molar-refractivity contribution >= 4 is 34.7 Å². The number of azo groups is 1. The lowest BCUT2D eigenvalue weighted by Crippen LogP contribution is -2.17. The molecule has 0 saturated carbocycles. The van der Waals surface area contributed by atoms with Crippen LogP contribution in [0.25, 0.3) is 0 Å². The third kappa shape index (κ3) is 3.39. The van der Waals surface area contributed by atoms with E-state index in [0.29, 0.717) is 15.8 Å². The summed E-state index contributed by atoms with van der Waals surface area (Å²) in [5.74, 6) is -1.11. The van der Waals surface area contributed by atoms with Crippen molar-refractivity contribution in [2.45, 2.75) is 6.92 Å². The topological polar surface area (TPSA) is 45.0 Å². The molecule has 0 N–H and O–H groups in total. The zero-order chi connectivity index (χ0) is 14.5. The van der Waals surface area contributed by atoms with E-state index in [4.69, 9.17) is 11.8 Å². The summed E-state index contributed by atoms with van der Waals surface area (Å²) >= 11 is 5.66. The summed E-state index contributed by atoms with van der Waals surface area (Å²) in [6.45, 7) is 1.25. The first-order valence-electron chi connectivity index (χ1n) is 5.81. The molecule has 20 heavy (non-hydrogen) atoms. The molecule has 0 fully saturated rings. The molecule has 0 radical (unpaired) electrons. The number of benzene rings is 2. The summed E-state index contributed by atoms with van der Waals surface area (Å²) in [5, 5.41) is 7.89. The Kier molecular flexibility index (Phi) is 4.42. The van der Waals surface area contributed by atoms with Gasteiger partial charge in [0, 0.05) is 24.8 Å². The summed E-state index contributed by atoms with van der Waals surface area (Å²) in [6, 6.07) is 13.2. The fourth-order valence-electron chi connectivity index (χ4n) is 1.50. The van der Waals surface area contributed by atoms with Gasteiger partial charge < -0.3 is 0 Å². The number of hydrogen-bond acceptors (Lipinski definition) is 3. The van der Waals surface area contributed by atoms with Gasteiger partial charge in [-0.15, -0.1) is 0 Å². The van der Waals surface area contributed by atoms with Gasteiger partial charge in [-0.25, -0.2) is 8.81 Å². The van der Waals surface area contributed by atoms with Gasteiger partial charge in [-0.3, -0.25) is 4.79 Å². The van der Waals surface area contributed by atoms with Gasteiger partial charge in [0.05, 0.1) is 17.1 Å². The number of carbonyl (C=O) groups excluding carboxylic acids is 1. The molecule has 2 aromatic rings. The van der Waals surface area contributed by atoms with E-state index in [1.807, 2.05) is 18.2 Å². The molecular formula is C14H11ClFN3O. The van der Waals surface area contributed by atoms with Crippen LogP contribution in [0.5, 0.6) is 0 Å². The van der Waals surface area contributed by atoms with Crippen LogP contribution < -0.4 is 4.42 Å². The first-order valence-corrected chi connectivity index (χ1v) is 6.14. The maximum atomic E-state index is 13.8. The highest BCUT2D eigenvalue weighted by atomic mass is 35.5. The van der Waals surface area contributed by atoms with Gasteiger partial charge in [0.15, 0.2) is 5.82 Å². The van der Waals surface area contributed by atoms with Gasteiger partial charge in [-0.05, 0) is 24.3 Å². The number of rotatable bonds is 3. The third-order valence-electron chi connectivity index (χ3n) is 2.46. The Morgan fingerprint density at radius 1 is 1.10 bits per heavy atom. The second-order valence-corrected chi connectivity index (χ2v) is 4.31. The molecule has 0 unspecified atom stereocenters. The Bertz CT molecular complexity index is 646. The normalized spacial score (nSPS) is 10.8. The molecule has 2 aromatic carbocycles. The van der Waals surface area contributed by atoms with Crippen molar-refractivity contribution in [1.29, 1.82) is 0 Å². The van der Waals surface area contributed by atoms with E-state index < -0.39 is 11.7 Å². The molecule has 0 spiro atoms. The molecular weight excluding hydrogens is 281 g/mol. The van der Waals surface area contributed by atoms with Crippen LogP contribution in [0.3, 0.4) is 0 Å². The maximum Gasteiger partial charge on any atom is 0.238 e. The Balaban J connectivity index is 2.21. The second-order valence-electron chi connectivity index (χ2n) is 3.97. The van der Waals surface area contributed by atoms with Crippen LogP contribution >= 0.6 is 11.8 Å². The minimum atomic E-state index is -0.639. The van der Waals surface area contributed by atoms with Crippen molar-refractivity contribution in [3.63, 3.8) is 0 Å². The number of carbonyl (C=O) groups is 1. The Morgan fingerprint density at radius 2 is 1.75 bits per heavy atom. The van der Waals surface area contributed by atoms with E-state index in [1.54, 1.807) is 12.1 Å². The molecule has 4 nitrogen and oxygen atoms in total. The predicted octanol–water partition coefficient (Wildman–Crippen LogP) is 4.75. The van der Waals surface area contributed by atoms with Gasteiger partial charge in [0.25, 0.3) is 0 Å². The zero-order valence-electron chi connectivity index (χ0n) is 10.6. The highest BCUT2D eigenvalue weighted by molar-refractivity contribution is 6.36. The fourth-order valence-corrected chi connectivity index (χ4v) is 1.63. The first kappa shape index (κ1) is 14.1. The summed E-state index contributed by atoms with van der Waals surface area (Å²) in [6.07, 6.45) is 0. The summed E-state index contributed by atoms with van der Waals surface area (Å²) in [4.78, 5) is 11.1. The predicted molar refractivity (Wildman–Crippen MR) is 76.0 cm³/mol. The van der Waals surface area contributed by atoms with Gasteiger partial charge >= 0.3 is 0 Å². The van der Waals surface area contributed by atoms with Crippen LogP contribution in [0, 0.1) is 5.82 Å². The number of nitrogens with zero attached hydrogens (tertiary/aromatic N) is 3. The van der Waals surface area contributed by atoms with E-state index in [9.17, 15) is 9.18 Å². The Hall–Kier alpha value is -2.27. The molecule has 0 aliphatic carbocycles. The average molecular weight is 292 g/mol. The summed E-state index contributed by atoms with van der Waals surface area (Å²) < 4.78 is 14.5. The molecule has 0 aliphatic rings. The van der Waals surface area contributed by atoms with Gasteiger partial charge in [-0.1, -0.05) is 18.2 Å². The molecule has 0 aromatic heterocycles.